The van der Waals surface area contributed by atoms with Gasteiger partial charge in [-0.15, -0.1) is 0 Å². The predicted octanol–water partition coefficient (Wildman–Crippen LogP) is 8.11. The number of benzene rings is 3. The summed E-state index contributed by atoms with van der Waals surface area (Å²) < 4.78 is 46.6. The number of nitrogens with one attached hydrogen (secondary N) is 3. The molecular weight excluding hydrogens is 945 g/mol. The summed E-state index contributed by atoms with van der Waals surface area (Å²) in [5, 5.41) is 24.8. The van der Waals surface area contributed by atoms with Crippen molar-refractivity contribution in [1.29, 1.82) is 0 Å². The molecule has 4 N–H and O–H groups in total. The predicted molar refractivity (Wildman–Crippen MR) is 269 cm³/mol. The fourth-order valence-electron chi connectivity index (χ4n) is 7.37. The number of pyridine rings is 2. The summed E-state index contributed by atoms with van der Waals surface area (Å²) in [5.74, 6) is -3.85. The lowest BCUT2D eigenvalue weighted by Gasteiger charge is -2.25. The van der Waals surface area contributed by atoms with E-state index in [9.17, 15) is 28.4 Å². The van der Waals surface area contributed by atoms with Gasteiger partial charge >= 0.3 is 6.09 Å². The van der Waals surface area contributed by atoms with Crippen LogP contribution in [0.1, 0.15) is 32.8 Å². The molecule has 2 atom stereocenters. The van der Waals surface area contributed by atoms with Crippen molar-refractivity contribution in [1.82, 2.24) is 35.7 Å². The van der Waals surface area contributed by atoms with Gasteiger partial charge in [0.15, 0.2) is 0 Å². The zero-order chi connectivity index (χ0) is 52.6. The standard InChI is InChI=1S/C51H49F2N9O8.C2H4O/c1-30(2)48(60-45(63)18-22-69-23-21-61-46(64)14-15-47(61)65)49(66)59-32(4)31(3)58-38-10-6-33(7-11-38)29-70-51(67)62(43-13-9-37(52)26-41(43)53)44-25-36(27-55-50(44)68-5)34-8-12-42-40(24-34)39(17-19-54-42)35-16-20-56-57-28-35;1-2-3/h6-17,19-20,24-28,30,32,48,58H,3,18,21-23,29H2,1-2,4-5H3,(H,59,66)(H,60,63);2-3H,1H2/t32-,48?;/m0./s1. The van der Waals surface area contributed by atoms with Gasteiger partial charge in [-0.3, -0.25) is 29.1 Å². The number of carbonyl (C=O) groups is 5. The van der Waals surface area contributed by atoms with Crippen LogP contribution in [0.3, 0.4) is 0 Å². The highest BCUT2D eigenvalue weighted by molar-refractivity contribution is 6.12. The van der Waals surface area contributed by atoms with Gasteiger partial charge in [-0.1, -0.05) is 45.2 Å². The van der Waals surface area contributed by atoms with Crippen LogP contribution in [-0.4, -0.2) is 98.8 Å². The fraction of sp³-hybridized carbons (Fsp3) is 0.226. The minimum atomic E-state index is -1.04. The minimum absolute atomic E-state index is 0.0224. The number of rotatable bonds is 20. The maximum atomic E-state index is 15.6. The number of aliphatic hydroxyl groups is 1. The second-order valence-corrected chi connectivity index (χ2v) is 16.5. The molecule has 378 valence electrons. The Hall–Kier alpha value is -8.91. The Kier molecular flexibility index (Phi) is 18.5. The zero-order valence-corrected chi connectivity index (χ0v) is 40.4. The summed E-state index contributed by atoms with van der Waals surface area (Å²) in [6, 6.07) is 19.1. The molecule has 3 aromatic heterocycles. The van der Waals surface area contributed by atoms with Crippen LogP contribution in [0.5, 0.6) is 5.88 Å². The molecule has 0 fully saturated rings. The molecule has 1 unspecified atom stereocenters. The van der Waals surface area contributed by atoms with Crippen LogP contribution < -0.4 is 25.6 Å². The number of ether oxygens (including phenoxy) is 3. The summed E-state index contributed by atoms with van der Waals surface area (Å²) in [6.07, 6.45) is 8.56. The van der Waals surface area contributed by atoms with E-state index in [1.165, 1.54) is 19.3 Å². The van der Waals surface area contributed by atoms with Crippen molar-refractivity contribution >= 4 is 57.7 Å². The first-order valence-corrected chi connectivity index (χ1v) is 22.7. The number of methoxy groups -OCH3 is 1. The van der Waals surface area contributed by atoms with Crippen LogP contribution >= 0.6 is 0 Å². The molecule has 3 aromatic carbocycles. The van der Waals surface area contributed by atoms with Crippen LogP contribution in [0.15, 0.2) is 141 Å². The number of halogens is 2. The molecule has 0 spiro atoms. The van der Waals surface area contributed by atoms with Gasteiger partial charge in [0, 0.05) is 64.9 Å². The van der Waals surface area contributed by atoms with Crippen molar-refractivity contribution in [2.45, 2.75) is 45.9 Å². The number of hydrogen-bond donors (Lipinski definition) is 4. The van der Waals surface area contributed by atoms with Gasteiger partial charge in [0.05, 0.1) is 62.8 Å². The number of aliphatic hydroxyl groups excluding tert-OH is 1. The largest absolute Gasteiger partial charge is 0.516 e. The molecule has 6 aromatic rings. The molecule has 7 rings (SSSR count). The Labute approximate surface area is 419 Å². The number of nitrogens with zero attached hydrogens (tertiary/aromatic N) is 6. The van der Waals surface area contributed by atoms with Gasteiger partial charge in [0.25, 0.3) is 11.8 Å². The number of anilines is 3. The van der Waals surface area contributed by atoms with E-state index in [2.05, 4.69) is 49.3 Å². The summed E-state index contributed by atoms with van der Waals surface area (Å²) in [4.78, 5) is 74.5. The Balaban J connectivity index is 0.00000283. The summed E-state index contributed by atoms with van der Waals surface area (Å²) in [6.45, 7) is 12.2. The molecular formula is C53H53F2N9O9. The van der Waals surface area contributed by atoms with E-state index in [-0.39, 0.29) is 56.0 Å². The lowest BCUT2D eigenvalue weighted by molar-refractivity contribution is -0.138. The van der Waals surface area contributed by atoms with Crippen LogP contribution in [0.4, 0.5) is 30.6 Å². The minimum Gasteiger partial charge on any atom is -0.516 e. The molecule has 0 aliphatic carbocycles. The first kappa shape index (κ1) is 53.4. The summed E-state index contributed by atoms with van der Waals surface area (Å²) in [7, 11) is 1.35. The van der Waals surface area contributed by atoms with Crippen molar-refractivity contribution < 1.29 is 52.1 Å². The summed E-state index contributed by atoms with van der Waals surface area (Å²) >= 11 is 0. The fourth-order valence-corrected chi connectivity index (χ4v) is 7.37. The Bertz CT molecular complexity index is 2990. The highest BCUT2D eigenvalue weighted by Crippen LogP contribution is 2.39. The van der Waals surface area contributed by atoms with Crippen molar-refractivity contribution in [2.75, 3.05) is 37.1 Å². The molecule has 20 heteroatoms. The molecule has 0 bridgehead atoms. The zero-order valence-electron chi connectivity index (χ0n) is 40.4. The average Bonchev–Trinajstić information content (AvgIpc) is 3.70. The maximum absolute atomic E-state index is 15.6. The number of fused-ring (bicyclic) bond motifs is 1. The number of aromatic nitrogens is 4. The van der Waals surface area contributed by atoms with Crippen LogP contribution in [0.25, 0.3) is 33.2 Å². The molecule has 0 saturated heterocycles. The van der Waals surface area contributed by atoms with Crippen LogP contribution in [0, 0.1) is 17.6 Å². The lowest BCUT2D eigenvalue weighted by atomic mass is 9.99. The van der Waals surface area contributed by atoms with Gasteiger partial charge < -0.3 is 35.3 Å². The van der Waals surface area contributed by atoms with E-state index in [4.69, 9.17) is 19.3 Å². The number of carbonyl (C=O) groups excluding carboxylic acids is 5. The molecule has 0 saturated carbocycles. The molecule has 4 heterocycles. The summed E-state index contributed by atoms with van der Waals surface area (Å²) in [5.41, 5.74) is 4.93. The SMILES string of the molecule is C=C(Nc1ccc(COC(=O)N(c2ccc(F)cc2F)c2cc(-c3ccc4nccc(-c5ccnnc5)c4c3)cnc2OC)cc1)[C@H](C)NC(=O)C(NC(=O)CCOCCN1C(=O)C=CC1=O)C(C)C.C=CO. The van der Waals surface area contributed by atoms with Crippen molar-refractivity contribution in [2.24, 2.45) is 5.92 Å². The van der Waals surface area contributed by atoms with Crippen LogP contribution in [0.2, 0.25) is 0 Å². The quantitative estimate of drug-likeness (QED) is 0.0322. The van der Waals surface area contributed by atoms with Gasteiger partial charge in [-0.2, -0.15) is 10.2 Å². The second kappa shape index (κ2) is 25.3. The topological polar surface area (TPSA) is 227 Å². The highest BCUT2D eigenvalue weighted by atomic mass is 19.1. The van der Waals surface area contributed by atoms with Gasteiger partial charge in [0.1, 0.15) is 30.0 Å². The van der Waals surface area contributed by atoms with E-state index in [1.54, 1.807) is 75.9 Å². The smallest absolute Gasteiger partial charge is 0.419 e. The lowest BCUT2D eigenvalue weighted by Crippen LogP contribution is -2.52. The third-order valence-corrected chi connectivity index (χ3v) is 11.2. The van der Waals surface area contributed by atoms with Crippen molar-refractivity contribution in [3.63, 3.8) is 0 Å². The van der Waals surface area contributed by atoms with E-state index < -0.39 is 53.4 Å². The van der Waals surface area contributed by atoms with E-state index in [0.29, 0.717) is 34.1 Å². The Morgan fingerprint density at radius 2 is 1.58 bits per heavy atom. The molecule has 5 amide bonds. The Morgan fingerprint density at radius 1 is 0.836 bits per heavy atom. The van der Waals surface area contributed by atoms with E-state index in [0.717, 1.165) is 50.2 Å². The van der Waals surface area contributed by atoms with Gasteiger partial charge in [0.2, 0.25) is 17.7 Å². The first-order valence-electron chi connectivity index (χ1n) is 22.7. The molecule has 18 nitrogen and oxygen atoms in total. The maximum Gasteiger partial charge on any atom is 0.419 e. The number of amides is 5. The van der Waals surface area contributed by atoms with Crippen molar-refractivity contribution in [3.8, 4) is 28.1 Å². The third kappa shape index (κ3) is 13.9. The molecule has 1 aliphatic heterocycles. The second-order valence-electron chi connectivity index (χ2n) is 16.5. The Morgan fingerprint density at radius 3 is 2.25 bits per heavy atom. The molecule has 0 radical (unpaired) electrons. The first-order chi connectivity index (χ1) is 35.1. The van der Waals surface area contributed by atoms with Gasteiger partial charge in [-0.05, 0) is 84.1 Å². The molecule has 73 heavy (non-hydrogen) atoms. The van der Waals surface area contributed by atoms with Crippen molar-refractivity contribution in [3.05, 3.63) is 158 Å². The number of imide groups is 1. The van der Waals surface area contributed by atoms with Gasteiger partial charge in [-0.25, -0.2) is 23.5 Å². The number of hydrogen-bond acceptors (Lipinski definition) is 14. The van der Waals surface area contributed by atoms with E-state index in [1.807, 2.05) is 30.3 Å². The molecule has 1 aliphatic rings. The monoisotopic (exact) mass is 997 g/mol. The third-order valence-electron chi connectivity index (χ3n) is 11.2. The van der Waals surface area contributed by atoms with E-state index >= 15 is 4.39 Å². The normalized spacial score (nSPS) is 12.6. The highest BCUT2D eigenvalue weighted by Gasteiger charge is 2.29. The average molecular weight is 998 g/mol. The van der Waals surface area contributed by atoms with Crippen LogP contribution in [-0.2, 0) is 35.3 Å².